The van der Waals surface area contributed by atoms with Crippen LogP contribution in [0.1, 0.15) is 29.8 Å². The van der Waals surface area contributed by atoms with Crippen LogP contribution in [-0.4, -0.2) is 17.9 Å². The van der Waals surface area contributed by atoms with Gasteiger partial charge < -0.3 is 4.74 Å². The lowest BCUT2D eigenvalue weighted by Crippen LogP contribution is -2.19. The van der Waals surface area contributed by atoms with Gasteiger partial charge in [-0.2, -0.15) is 0 Å². The van der Waals surface area contributed by atoms with Crippen molar-refractivity contribution in [2.45, 2.75) is 19.3 Å². The lowest BCUT2D eigenvalue weighted by atomic mass is 9.86. The van der Waals surface area contributed by atoms with E-state index in [0.29, 0.717) is 5.69 Å². The number of carbonyl (C=O) groups is 1. The first kappa shape index (κ1) is 9.19. The van der Waals surface area contributed by atoms with Gasteiger partial charge in [0.15, 0.2) is 6.29 Å². The van der Waals surface area contributed by atoms with Gasteiger partial charge in [-0.3, -0.25) is 4.79 Å². The van der Waals surface area contributed by atoms with Crippen LogP contribution in [0, 0.1) is 5.92 Å². The predicted molar refractivity (Wildman–Crippen MR) is 52.5 cm³/mol. The van der Waals surface area contributed by atoms with E-state index in [1.165, 1.54) is 19.3 Å². The lowest BCUT2D eigenvalue weighted by Gasteiger charge is -2.24. The Bertz CT molecular complexity index is 304. The summed E-state index contributed by atoms with van der Waals surface area (Å²) in [5.74, 6) is 1.48. The van der Waals surface area contributed by atoms with Crippen molar-refractivity contribution < 1.29 is 9.53 Å². The van der Waals surface area contributed by atoms with Gasteiger partial charge in [0, 0.05) is 0 Å². The third-order valence-corrected chi connectivity index (χ3v) is 2.59. The molecule has 1 aromatic rings. The normalized spacial score (nSPS) is 16.0. The number of carbonyl (C=O) groups excluding carboxylic acids is 1. The Hall–Kier alpha value is -1.38. The second kappa shape index (κ2) is 4.22. The molecule has 3 nitrogen and oxygen atoms in total. The Balaban J connectivity index is 1.85. The van der Waals surface area contributed by atoms with Crippen molar-refractivity contribution in [1.82, 2.24) is 4.98 Å². The molecular formula is C11H13NO2. The van der Waals surface area contributed by atoms with Crippen LogP contribution < -0.4 is 4.74 Å². The third-order valence-electron chi connectivity index (χ3n) is 2.59. The van der Waals surface area contributed by atoms with Crippen LogP contribution >= 0.6 is 0 Å². The molecule has 0 atom stereocenters. The molecule has 0 aromatic carbocycles. The highest BCUT2D eigenvalue weighted by Gasteiger charge is 2.17. The van der Waals surface area contributed by atoms with Crippen LogP contribution in [0.25, 0.3) is 0 Å². The molecule has 0 spiro atoms. The summed E-state index contributed by atoms with van der Waals surface area (Å²) < 4.78 is 5.53. The molecule has 1 fully saturated rings. The molecule has 0 amide bonds. The quantitative estimate of drug-likeness (QED) is 0.684. The van der Waals surface area contributed by atoms with E-state index in [2.05, 4.69) is 4.98 Å². The topological polar surface area (TPSA) is 39.2 Å². The van der Waals surface area contributed by atoms with E-state index in [0.717, 1.165) is 24.6 Å². The van der Waals surface area contributed by atoms with E-state index in [4.69, 9.17) is 4.74 Å². The maximum absolute atomic E-state index is 10.3. The van der Waals surface area contributed by atoms with E-state index in [1.807, 2.05) is 0 Å². The van der Waals surface area contributed by atoms with Gasteiger partial charge in [0.1, 0.15) is 11.4 Å². The van der Waals surface area contributed by atoms with Crippen molar-refractivity contribution >= 4 is 6.29 Å². The van der Waals surface area contributed by atoms with E-state index in [1.54, 1.807) is 18.3 Å². The Morgan fingerprint density at radius 2 is 2.36 bits per heavy atom. The summed E-state index contributed by atoms with van der Waals surface area (Å²) in [5, 5.41) is 0. The summed E-state index contributed by atoms with van der Waals surface area (Å²) in [6, 6.07) is 3.46. The zero-order valence-corrected chi connectivity index (χ0v) is 7.98. The molecule has 14 heavy (non-hydrogen) atoms. The summed E-state index contributed by atoms with van der Waals surface area (Å²) in [5.41, 5.74) is 0.445. The number of ether oxygens (including phenoxy) is 1. The number of hydrogen-bond acceptors (Lipinski definition) is 3. The highest BCUT2D eigenvalue weighted by Crippen LogP contribution is 2.26. The predicted octanol–water partition coefficient (Wildman–Crippen LogP) is 2.07. The van der Waals surface area contributed by atoms with Gasteiger partial charge in [0.2, 0.25) is 0 Å². The molecule has 0 aliphatic heterocycles. The summed E-state index contributed by atoms with van der Waals surface area (Å²) in [6.45, 7) is 0.780. The summed E-state index contributed by atoms with van der Waals surface area (Å²) >= 11 is 0. The second-order valence-electron chi connectivity index (χ2n) is 3.64. The lowest BCUT2D eigenvalue weighted by molar-refractivity contribution is 0.111. The Morgan fingerprint density at radius 1 is 1.50 bits per heavy atom. The number of aldehydes is 1. The van der Waals surface area contributed by atoms with E-state index < -0.39 is 0 Å². The van der Waals surface area contributed by atoms with Gasteiger partial charge in [-0.25, -0.2) is 4.98 Å². The number of aromatic nitrogens is 1. The molecule has 3 heteroatoms. The van der Waals surface area contributed by atoms with Crippen LogP contribution in [0.15, 0.2) is 18.3 Å². The molecule has 0 unspecified atom stereocenters. The monoisotopic (exact) mass is 191 g/mol. The largest absolute Gasteiger partial charge is 0.492 e. The maximum Gasteiger partial charge on any atom is 0.168 e. The Kier molecular flexibility index (Phi) is 2.77. The highest BCUT2D eigenvalue weighted by atomic mass is 16.5. The number of rotatable bonds is 4. The summed E-state index contributed by atoms with van der Waals surface area (Å²) in [7, 11) is 0. The molecule has 1 heterocycles. The smallest absolute Gasteiger partial charge is 0.168 e. The first-order valence-corrected chi connectivity index (χ1v) is 4.92. The maximum atomic E-state index is 10.3. The highest BCUT2D eigenvalue weighted by molar-refractivity contribution is 5.71. The second-order valence-corrected chi connectivity index (χ2v) is 3.64. The van der Waals surface area contributed by atoms with Crippen molar-refractivity contribution in [3.63, 3.8) is 0 Å². The Morgan fingerprint density at radius 3 is 2.86 bits per heavy atom. The van der Waals surface area contributed by atoms with E-state index in [-0.39, 0.29) is 0 Å². The van der Waals surface area contributed by atoms with Gasteiger partial charge >= 0.3 is 0 Å². The minimum atomic E-state index is 0.445. The third kappa shape index (κ3) is 2.10. The molecule has 2 rings (SSSR count). The van der Waals surface area contributed by atoms with Crippen molar-refractivity contribution in [2.24, 2.45) is 5.92 Å². The standard InChI is InChI=1S/C11H13NO2/c13-7-10-4-5-11(6-12-10)14-8-9-2-1-3-9/h4-7,9H,1-3,8H2. The molecule has 1 saturated carbocycles. The Labute approximate surface area is 83.1 Å². The SMILES string of the molecule is O=Cc1ccc(OCC2CCC2)cn1. The van der Waals surface area contributed by atoms with Crippen LogP contribution in [0.2, 0.25) is 0 Å². The number of nitrogens with zero attached hydrogens (tertiary/aromatic N) is 1. The molecule has 0 radical (unpaired) electrons. The fourth-order valence-corrected chi connectivity index (χ4v) is 1.42. The molecule has 1 aromatic heterocycles. The average Bonchev–Trinajstić information content (AvgIpc) is 2.16. The molecule has 1 aliphatic rings. The zero-order chi connectivity index (χ0) is 9.80. The number of pyridine rings is 1. The van der Waals surface area contributed by atoms with Crippen molar-refractivity contribution in [3.05, 3.63) is 24.0 Å². The summed E-state index contributed by atoms with van der Waals surface area (Å²) in [4.78, 5) is 14.3. The first-order valence-electron chi connectivity index (χ1n) is 4.92. The zero-order valence-electron chi connectivity index (χ0n) is 7.98. The fourth-order valence-electron chi connectivity index (χ4n) is 1.42. The van der Waals surface area contributed by atoms with Crippen LogP contribution in [0.3, 0.4) is 0 Å². The van der Waals surface area contributed by atoms with Crippen molar-refractivity contribution in [1.29, 1.82) is 0 Å². The van der Waals surface area contributed by atoms with E-state index >= 15 is 0 Å². The van der Waals surface area contributed by atoms with Crippen LogP contribution in [0.5, 0.6) is 5.75 Å². The van der Waals surface area contributed by atoms with Crippen molar-refractivity contribution in [2.75, 3.05) is 6.61 Å². The van der Waals surface area contributed by atoms with Gasteiger partial charge in [-0.15, -0.1) is 0 Å². The van der Waals surface area contributed by atoms with Gasteiger partial charge in [0.05, 0.1) is 12.8 Å². The van der Waals surface area contributed by atoms with Gasteiger partial charge in [-0.1, -0.05) is 6.42 Å². The minimum absolute atomic E-state index is 0.445. The van der Waals surface area contributed by atoms with Crippen LogP contribution in [0.4, 0.5) is 0 Å². The fraction of sp³-hybridized carbons (Fsp3) is 0.455. The molecule has 0 bridgehead atoms. The van der Waals surface area contributed by atoms with Crippen molar-refractivity contribution in [3.8, 4) is 5.75 Å². The van der Waals surface area contributed by atoms with Gasteiger partial charge in [-0.05, 0) is 30.9 Å². The van der Waals surface area contributed by atoms with Crippen LogP contribution in [-0.2, 0) is 0 Å². The molecule has 0 saturated heterocycles. The van der Waals surface area contributed by atoms with Gasteiger partial charge in [0.25, 0.3) is 0 Å². The first-order chi connectivity index (χ1) is 6.88. The summed E-state index contributed by atoms with van der Waals surface area (Å²) in [6.07, 6.45) is 6.22. The molecule has 74 valence electrons. The van der Waals surface area contributed by atoms with E-state index in [9.17, 15) is 4.79 Å². The molecule has 0 N–H and O–H groups in total. The molecule has 1 aliphatic carbocycles. The minimum Gasteiger partial charge on any atom is -0.492 e. The number of hydrogen-bond donors (Lipinski definition) is 0. The average molecular weight is 191 g/mol. The molecular weight excluding hydrogens is 178 g/mol.